The fourth-order valence-corrected chi connectivity index (χ4v) is 3.72. The normalized spacial score (nSPS) is 20.8. The summed E-state index contributed by atoms with van der Waals surface area (Å²) in [6, 6.07) is 18.2. The largest absolute Gasteiger partial charge is 0.484 e. The van der Waals surface area contributed by atoms with Gasteiger partial charge in [0.25, 0.3) is 5.91 Å². The van der Waals surface area contributed by atoms with Gasteiger partial charge in [0.1, 0.15) is 5.75 Å². The van der Waals surface area contributed by atoms with E-state index in [0.29, 0.717) is 16.8 Å². The fraction of sp³-hybridized carbons (Fsp3) is 0.381. The quantitative estimate of drug-likeness (QED) is 0.803. The Morgan fingerprint density at radius 2 is 1.77 bits per heavy atom. The van der Waals surface area contributed by atoms with Crippen LogP contribution in [0.5, 0.6) is 5.75 Å². The average molecular weight is 371 g/mol. The topological polar surface area (TPSA) is 32.8 Å². The van der Waals surface area contributed by atoms with E-state index in [-0.39, 0.29) is 18.6 Å². The van der Waals surface area contributed by atoms with Crippen molar-refractivity contribution in [1.82, 2.24) is 9.80 Å². The second kappa shape index (κ2) is 7.68. The highest BCUT2D eigenvalue weighted by Gasteiger charge is 2.37. The van der Waals surface area contributed by atoms with Gasteiger partial charge < -0.3 is 9.64 Å². The number of hydrogen-bond acceptors (Lipinski definition) is 3. The van der Waals surface area contributed by atoms with Gasteiger partial charge in [-0.1, -0.05) is 41.9 Å². The van der Waals surface area contributed by atoms with Crippen LogP contribution in [0.3, 0.4) is 0 Å². The molecular formula is C21H23ClN2O2. The lowest BCUT2D eigenvalue weighted by atomic mass is 10.0. The standard InChI is InChI=1S/C21H23ClN2O2/c22-17-6-10-19(11-7-17)26-15-21(25)24-13-12-23(18-8-9-18)14-20(24)16-4-2-1-3-5-16/h1-7,10-11,18,20H,8-9,12-15H2. The van der Waals surface area contributed by atoms with Crippen LogP contribution in [-0.2, 0) is 4.79 Å². The Labute approximate surface area is 159 Å². The molecule has 4 nitrogen and oxygen atoms in total. The van der Waals surface area contributed by atoms with E-state index in [9.17, 15) is 4.79 Å². The molecule has 5 heteroatoms. The number of benzene rings is 2. The Morgan fingerprint density at radius 1 is 1.04 bits per heavy atom. The minimum Gasteiger partial charge on any atom is -0.484 e. The maximum atomic E-state index is 12.9. The SMILES string of the molecule is O=C(COc1ccc(Cl)cc1)N1CCN(C2CC2)CC1c1ccccc1. The molecule has 1 atom stereocenters. The van der Waals surface area contributed by atoms with Gasteiger partial charge in [0.15, 0.2) is 6.61 Å². The molecule has 2 aromatic carbocycles. The van der Waals surface area contributed by atoms with Crippen LogP contribution in [0.15, 0.2) is 54.6 Å². The maximum Gasteiger partial charge on any atom is 0.261 e. The highest BCUT2D eigenvalue weighted by atomic mass is 35.5. The van der Waals surface area contributed by atoms with Gasteiger partial charge in [0, 0.05) is 30.7 Å². The smallest absolute Gasteiger partial charge is 0.261 e. The summed E-state index contributed by atoms with van der Waals surface area (Å²) in [7, 11) is 0. The van der Waals surface area contributed by atoms with Crippen molar-refractivity contribution in [2.45, 2.75) is 24.9 Å². The molecule has 26 heavy (non-hydrogen) atoms. The molecule has 0 radical (unpaired) electrons. The number of amides is 1. The first-order chi connectivity index (χ1) is 12.7. The maximum absolute atomic E-state index is 12.9. The van der Waals surface area contributed by atoms with Gasteiger partial charge in [0.05, 0.1) is 6.04 Å². The molecular weight excluding hydrogens is 348 g/mol. The Hall–Kier alpha value is -2.04. The number of hydrogen-bond donors (Lipinski definition) is 0. The Morgan fingerprint density at radius 3 is 2.46 bits per heavy atom. The van der Waals surface area contributed by atoms with Crippen LogP contribution in [0.25, 0.3) is 0 Å². The van der Waals surface area contributed by atoms with Gasteiger partial charge in [0.2, 0.25) is 0 Å². The number of halogens is 1. The van der Waals surface area contributed by atoms with E-state index in [1.807, 2.05) is 23.1 Å². The first-order valence-electron chi connectivity index (χ1n) is 9.17. The third kappa shape index (κ3) is 4.02. The second-order valence-corrected chi connectivity index (χ2v) is 7.42. The molecule has 1 aliphatic carbocycles. The molecule has 1 amide bonds. The van der Waals surface area contributed by atoms with E-state index in [2.05, 4.69) is 17.0 Å². The van der Waals surface area contributed by atoms with Crippen molar-refractivity contribution in [2.75, 3.05) is 26.2 Å². The molecule has 0 N–H and O–H groups in total. The van der Waals surface area contributed by atoms with Crippen molar-refractivity contribution in [2.24, 2.45) is 0 Å². The molecule has 0 aromatic heterocycles. The van der Waals surface area contributed by atoms with Crippen molar-refractivity contribution >= 4 is 17.5 Å². The van der Waals surface area contributed by atoms with Crippen LogP contribution in [0.1, 0.15) is 24.4 Å². The molecule has 2 aromatic rings. The summed E-state index contributed by atoms with van der Waals surface area (Å²) in [5, 5.41) is 0.656. The van der Waals surface area contributed by atoms with Crippen LogP contribution >= 0.6 is 11.6 Å². The van der Waals surface area contributed by atoms with Gasteiger partial charge in [-0.25, -0.2) is 0 Å². The number of ether oxygens (including phenoxy) is 1. The number of carbonyl (C=O) groups excluding carboxylic acids is 1. The van der Waals surface area contributed by atoms with Crippen LogP contribution in [-0.4, -0.2) is 48.0 Å². The zero-order valence-corrected chi connectivity index (χ0v) is 15.4. The van der Waals surface area contributed by atoms with E-state index < -0.39 is 0 Å². The van der Waals surface area contributed by atoms with Crippen molar-refractivity contribution in [3.05, 3.63) is 65.2 Å². The minimum absolute atomic E-state index is 0.0317. The summed E-state index contributed by atoms with van der Waals surface area (Å²) >= 11 is 5.89. The number of rotatable bonds is 5. The van der Waals surface area contributed by atoms with Crippen LogP contribution in [0.4, 0.5) is 0 Å². The molecule has 1 aliphatic heterocycles. The van der Waals surface area contributed by atoms with Gasteiger partial charge in [-0.15, -0.1) is 0 Å². The molecule has 1 saturated heterocycles. The van der Waals surface area contributed by atoms with E-state index in [1.165, 1.54) is 18.4 Å². The molecule has 1 saturated carbocycles. The van der Waals surface area contributed by atoms with Gasteiger partial charge in [-0.3, -0.25) is 9.69 Å². The third-order valence-corrected chi connectivity index (χ3v) is 5.41. The van der Waals surface area contributed by atoms with Gasteiger partial charge >= 0.3 is 0 Å². The van der Waals surface area contributed by atoms with Crippen molar-refractivity contribution in [1.29, 1.82) is 0 Å². The van der Waals surface area contributed by atoms with Gasteiger partial charge in [-0.2, -0.15) is 0 Å². The molecule has 0 bridgehead atoms. The summed E-state index contributed by atoms with van der Waals surface area (Å²) in [6.45, 7) is 2.65. The molecule has 1 heterocycles. The van der Waals surface area contributed by atoms with Crippen molar-refractivity contribution in [3.63, 3.8) is 0 Å². The molecule has 136 valence electrons. The summed E-state index contributed by atoms with van der Waals surface area (Å²) < 4.78 is 5.68. The summed E-state index contributed by atoms with van der Waals surface area (Å²) in [4.78, 5) is 17.4. The van der Waals surface area contributed by atoms with Crippen LogP contribution in [0.2, 0.25) is 5.02 Å². The van der Waals surface area contributed by atoms with E-state index in [4.69, 9.17) is 16.3 Å². The number of piperazine rings is 1. The number of carbonyl (C=O) groups is 1. The monoisotopic (exact) mass is 370 g/mol. The predicted molar refractivity (Wildman–Crippen MR) is 102 cm³/mol. The second-order valence-electron chi connectivity index (χ2n) is 6.98. The van der Waals surface area contributed by atoms with Crippen molar-refractivity contribution in [3.8, 4) is 5.75 Å². The molecule has 0 spiro atoms. The average Bonchev–Trinajstić information content (AvgIpc) is 3.53. The Balaban J connectivity index is 1.45. The highest BCUT2D eigenvalue weighted by Crippen LogP contribution is 2.33. The lowest BCUT2D eigenvalue weighted by Crippen LogP contribution is -2.52. The molecule has 1 unspecified atom stereocenters. The summed E-state index contributed by atoms with van der Waals surface area (Å²) in [5.74, 6) is 0.694. The summed E-state index contributed by atoms with van der Waals surface area (Å²) in [5.41, 5.74) is 1.19. The highest BCUT2D eigenvalue weighted by molar-refractivity contribution is 6.30. The van der Waals surface area contributed by atoms with E-state index in [1.54, 1.807) is 24.3 Å². The van der Waals surface area contributed by atoms with Crippen molar-refractivity contribution < 1.29 is 9.53 Å². The Kier molecular flexibility index (Phi) is 5.14. The third-order valence-electron chi connectivity index (χ3n) is 5.16. The van der Waals surface area contributed by atoms with E-state index >= 15 is 0 Å². The molecule has 2 aliphatic rings. The zero-order chi connectivity index (χ0) is 17.9. The van der Waals surface area contributed by atoms with E-state index in [0.717, 1.165) is 19.6 Å². The predicted octanol–water partition coefficient (Wildman–Crippen LogP) is 3.77. The Bertz CT molecular complexity index is 746. The first kappa shape index (κ1) is 17.4. The molecule has 2 fully saturated rings. The number of nitrogens with zero attached hydrogens (tertiary/aromatic N) is 2. The lowest BCUT2D eigenvalue weighted by molar-refractivity contribution is -0.138. The molecule has 4 rings (SSSR count). The first-order valence-corrected chi connectivity index (χ1v) is 9.55. The van der Waals surface area contributed by atoms with Gasteiger partial charge in [-0.05, 0) is 42.7 Å². The minimum atomic E-state index is 0.0317. The zero-order valence-electron chi connectivity index (χ0n) is 14.7. The van der Waals surface area contributed by atoms with Crippen LogP contribution in [0, 0.1) is 0 Å². The lowest BCUT2D eigenvalue weighted by Gasteiger charge is -2.42. The van der Waals surface area contributed by atoms with Crippen LogP contribution < -0.4 is 4.74 Å². The fourth-order valence-electron chi connectivity index (χ4n) is 3.59. The summed E-state index contributed by atoms with van der Waals surface area (Å²) in [6.07, 6.45) is 2.57.